The largest absolute Gasteiger partial charge is 0.463 e. The molecule has 0 saturated carbocycles. The summed E-state index contributed by atoms with van der Waals surface area (Å²) in [5.74, 6) is 0.214. The summed E-state index contributed by atoms with van der Waals surface area (Å²) >= 11 is 3.36. The fourth-order valence-corrected chi connectivity index (χ4v) is 3.57. The van der Waals surface area contributed by atoms with Crippen LogP contribution >= 0.6 is 15.9 Å². The molecular weight excluding hydrogens is 460 g/mol. The Morgan fingerprint density at radius 2 is 1.73 bits per heavy atom. The monoisotopic (exact) mass is 478 g/mol. The molecule has 4 rings (SSSR count). The van der Waals surface area contributed by atoms with Gasteiger partial charge in [0.25, 0.3) is 0 Å². The van der Waals surface area contributed by atoms with Crippen molar-refractivity contribution in [2.75, 3.05) is 6.61 Å². The molecule has 0 amide bonds. The Balaban J connectivity index is 1.62. The second-order valence-electron chi connectivity index (χ2n) is 6.96. The summed E-state index contributed by atoms with van der Waals surface area (Å²) in [6.07, 6.45) is -5.60. The molecule has 30 heavy (non-hydrogen) atoms. The highest BCUT2D eigenvalue weighted by Gasteiger charge is 2.44. The number of rotatable bonds is 4. The summed E-state index contributed by atoms with van der Waals surface area (Å²) in [6, 6.07) is 11.8. The minimum absolute atomic E-state index is 0.210. The molecule has 1 aromatic heterocycles. The predicted molar refractivity (Wildman–Crippen MR) is 110 cm³/mol. The van der Waals surface area contributed by atoms with Crippen LogP contribution in [0.25, 0.3) is 22.1 Å². The number of hydrogen-bond donors (Lipinski definition) is 4. The van der Waals surface area contributed by atoms with Crippen LogP contribution in [0.3, 0.4) is 0 Å². The van der Waals surface area contributed by atoms with E-state index in [1.54, 1.807) is 12.1 Å². The molecule has 1 aliphatic rings. The summed E-state index contributed by atoms with van der Waals surface area (Å²) < 4.78 is 17.4. The lowest BCUT2D eigenvalue weighted by atomic mass is 9.99. The lowest BCUT2D eigenvalue weighted by molar-refractivity contribution is -0.277. The zero-order chi connectivity index (χ0) is 21.4. The number of aliphatic hydroxyl groups is 4. The van der Waals surface area contributed by atoms with Gasteiger partial charge in [0.1, 0.15) is 42.0 Å². The second-order valence-corrected chi connectivity index (χ2v) is 7.87. The molecule has 9 heteroatoms. The average Bonchev–Trinajstić information content (AvgIpc) is 2.75. The van der Waals surface area contributed by atoms with Crippen LogP contribution in [0.5, 0.6) is 5.75 Å². The first-order valence-electron chi connectivity index (χ1n) is 9.17. The van der Waals surface area contributed by atoms with Crippen molar-refractivity contribution in [1.29, 1.82) is 0 Å². The maximum absolute atomic E-state index is 12.9. The van der Waals surface area contributed by atoms with Crippen LogP contribution in [0, 0.1) is 0 Å². The molecule has 0 spiro atoms. The van der Waals surface area contributed by atoms with Gasteiger partial charge in [-0.2, -0.15) is 0 Å². The van der Waals surface area contributed by atoms with Crippen molar-refractivity contribution in [1.82, 2.24) is 0 Å². The van der Waals surface area contributed by atoms with E-state index in [0.717, 1.165) is 10.0 Å². The van der Waals surface area contributed by atoms with Crippen LogP contribution < -0.4 is 10.2 Å². The highest BCUT2D eigenvalue weighted by atomic mass is 79.9. The summed E-state index contributed by atoms with van der Waals surface area (Å²) in [6.45, 7) is -0.559. The normalized spacial score (nSPS) is 26.6. The molecule has 3 aromatic rings. The fourth-order valence-electron chi connectivity index (χ4n) is 3.31. The molecule has 0 bridgehead atoms. The molecule has 1 fully saturated rings. The van der Waals surface area contributed by atoms with Gasteiger partial charge >= 0.3 is 0 Å². The van der Waals surface area contributed by atoms with Gasteiger partial charge in [-0.05, 0) is 29.8 Å². The first kappa shape index (κ1) is 21.0. The van der Waals surface area contributed by atoms with Crippen LogP contribution in [0.1, 0.15) is 0 Å². The molecule has 0 radical (unpaired) electrons. The van der Waals surface area contributed by atoms with Crippen molar-refractivity contribution in [2.45, 2.75) is 30.7 Å². The van der Waals surface area contributed by atoms with Gasteiger partial charge in [0.05, 0.1) is 17.6 Å². The average molecular weight is 479 g/mol. The molecule has 4 N–H and O–H groups in total. The highest BCUT2D eigenvalue weighted by Crippen LogP contribution is 2.27. The van der Waals surface area contributed by atoms with Gasteiger partial charge in [0, 0.05) is 10.5 Å². The molecule has 1 aliphatic heterocycles. The number of benzene rings is 2. The van der Waals surface area contributed by atoms with Crippen molar-refractivity contribution < 1.29 is 34.3 Å². The van der Waals surface area contributed by atoms with E-state index in [1.165, 1.54) is 24.5 Å². The minimum atomic E-state index is -1.55. The lowest BCUT2D eigenvalue weighted by Crippen LogP contribution is -2.60. The molecule has 0 unspecified atom stereocenters. The van der Waals surface area contributed by atoms with Gasteiger partial charge < -0.3 is 34.3 Å². The van der Waals surface area contributed by atoms with Crippen molar-refractivity contribution in [3.63, 3.8) is 0 Å². The SMILES string of the molecule is O=c1c(-c2ccc(Br)cc2)coc2cc(O[C@H]3O[C@@H](CO)[C@@H](O)[C@@H](O)[C@@H]3O)ccc12. The first-order valence-corrected chi connectivity index (χ1v) is 9.97. The molecule has 2 aromatic carbocycles. The fraction of sp³-hybridized carbons (Fsp3) is 0.286. The number of hydrogen-bond acceptors (Lipinski definition) is 8. The predicted octanol–water partition coefficient (Wildman–Crippen LogP) is 1.40. The van der Waals surface area contributed by atoms with Crippen LogP contribution in [0.4, 0.5) is 0 Å². The number of aliphatic hydroxyl groups excluding tert-OH is 4. The molecule has 0 aliphatic carbocycles. The Bertz CT molecular complexity index is 1090. The first-order chi connectivity index (χ1) is 14.4. The van der Waals surface area contributed by atoms with E-state index in [4.69, 9.17) is 13.9 Å². The van der Waals surface area contributed by atoms with Gasteiger partial charge in [0.15, 0.2) is 5.43 Å². The summed E-state index contributed by atoms with van der Waals surface area (Å²) in [5, 5.41) is 39.4. The maximum Gasteiger partial charge on any atom is 0.229 e. The molecule has 1 saturated heterocycles. The van der Waals surface area contributed by atoms with E-state index in [2.05, 4.69) is 15.9 Å². The third-order valence-electron chi connectivity index (χ3n) is 5.00. The van der Waals surface area contributed by atoms with E-state index in [-0.39, 0.29) is 16.8 Å². The van der Waals surface area contributed by atoms with Crippen molar-refractivity contribution in [2.24, 2.45) is 0 Å². The maximum atomic E-state index is 12.9. The van der Waals surface area contributed by atoms with E-state index < -0.39 is 37.3 Å². The van der Waals surface area contributed by atoms with Crippen molar-refractivity contribution in [3.8, 4) is 16.9 Å². The van der Waals surface area contributed by atoms with E-state index >= 15 is 0 Å². The van der Waals surface area contributed by atoms with E-state index in [9.17, 15) is 25.2 Å². The Kier molecular flexibility index (Phi) is 5.92. The molecule has 2 heterocycles. The van der Waals surface area contributed by atoms with Gasteiger partial charge in [-0.1, -0.05) is 28.1 Å². The summed E-state index contributed by atoms with van der Waals surface area (Å²) in [5.41, 5.74) is 1.19. The van der Waals surface area contributed by atoms with Gasteiger partial charge in [0.2, 0.25) is 6.29 Å². The topological polar surface area (TPSA) is 130 Å². The second kappa shape index (κ2) is 8.46. The van der Waals surface area contributed by atoms with Crippen LogP contribution in [0.15, 0.2) is 62.4 Å². The van der Waals surface area contributed by atoms with Crippen LogP contribution in [-0.4, -0.2) is 57.7 Å². The van der Waals surface area contributed by atoms with Gasteiger partial charge in [-0.3, -0.25) is 4.79 Å². The lowest BCUT2D eigenvalue weighted by Gasteiger charge is -2.39. The highest BCUT2D eigenvalue weighted by molar-refractivity contribution is 9.10. The van der Waals surface area contributed by atoms with E-state index in [1.807, 2.05) is 12.1 Å². The zero-order valence-electron chi connectivity index (χ0n) is 15.5. The minimum Gasteiger partial charge on any atom is -0.463 e. The Hall–Kier alpha value is -2.27. The Morgan fingerprint density at radius 1 is 1.00 bits per heavy atom. The quantitative estimate of drug-likeness (QED) is 0.442. The van der Waals surface area contributed by atoms with Gasteiger partial charge in [-0.25, -0.2) is 0 Å². The smallest absolute Gasteiger partial charge is 0.229 e. The summed E-state index contributed by atoms with van der Waals surface area (Å²) in [4.78, 5) is 12.9. The number of ether oxygens (including phenoxy) is 2. The molecule has 8 nitrogen and oxygen atoms in total. The number of halogens is 1. The van der Waals surface area contributed by atoms with Crippen molar-refractivity contribution >= 4 is 26.9 Å². The zero-order valence-corrected chi connectivity index (χ0v) is 17.1. The van der Waals surface area contributed by atoms with E-state index in [0.29, 0.717) is 10.9 Å². The number of fused-ring (bicyclic) bond motifs is 1. The van der Waals surface area contributed by atoms with Gasteiger partial charge in [-0.15, -0.1) is 0 Å². The Morgan fingerprint density at radius 3 is 2.43 bits per heavy atom. The molecule has 5 atom stereocenters. The Labute approximate surface area is 179 Å². The van der Waals surface area contributed by atoms with Crippen LogP contribution in [0.2, 0.25) is 0 Å². The third-order valence-corrected chi connectivity index (χ3v) is 5.53. The third kappa shape index (κ3) is 3.87. The standard InChI is InChI=1S/C21H19BrO8/c22-11-3-1-10(2-4-11)14-9-28-15-7-12(5-6-13(15)17(14)24)29-21-20(27)19(26)18(25)16(8-23)30-21/h1-7,9,16,18-21,23,25-27H,8H2/t16-,18+,19+,20-,21-/m0/s1. The van der Waals surface area contributed by atoms with Crippen LogP contribution in [-0.2, 0) is 4.74 Å². The van der Waals surface area contributed by atoms with Crippen molar-refractivity contribution in [3.05, 3.63) is 63.4 Å². The molecule has 158 valence electrons. The molecular formula is C21H19BrO8. The summed E-state index contributed by atoms with van der Waals surface area (Å²) in [7, 11) is 0.